The van der Waals surface area contributed by atoms with Crippen molar-refractivity contribution in [3.05, 3.63) is 124 Å². The van der Waals surface area contributed by atoms with Gasteiger partial charge in [-0.1, -0.05) is 98.9 Å². The van der Waals surface area contributed by atoms with Crippen molar-refractivity contribution in [1.82, 2.24) is 0 Å². The fourth-order valence-corrected chi connectivity index (χ4v) is 4.20. The smallest absolute Gasteiger partial charge is 0.00493 e. The van der Waals surface area contributed by atoms with Crippen LogP contribution in [0.1, 0.15) is 51.7 Å². The summed E-state index contributed by atoms with van der Waals surface area (Å²) in [6.07, 6.45) is 20.1. The number of hydrogen-bond acceptors (Lipinski definition) is 0. The number of benzene rings is 1. The highest BCUT2D eigenvalue weighted by Crippen LogP contribution is 2.39. The van der Waals surface area contributed by atoms with Gasteiger partial charge in [-0.3, -0.25) is 0 Å². The van der Waals surface area contributed by atoms with Gasteiger partial charge in [0.25, 0.3) is 0 Å². The number of allylic oxidation sites excluding steroid dienone is 15. The molecule has 154 valence electrons. The van der Waals surface area contributed by atoms with Gasteiger partial charge in [0.05, 0.1) is 0 Å². The van der Waals surface area contributed by atoms with Crippen LogP contribution in [0.4, 0.5) is 0 Å². The maximum Gasteiger partial charge on any atom is -0.00493 e. The van der Waals surface area contributed by atoms with Crippen molar-refractivity contribution in [3.63, 3.8) is 0 Å². The van der Waals surface area contributed by atoms with Gasteiger partial charge in [0.2, 0.25) is 0 Å². The third-order valence-electron chi connectivity index (χ3n) is 6.02. The lowest BCUT2D eigenvalue weighted by atomic mass is 9.91. The van der Waals surface area contributed by atoms with Gasteiger partial charge in [0.15, 0.2) is 0 Å². The van der Waals surface area contributed by atoms with Crippen molar-refractivity contribution in [2.24, 2.45) is 5.92 Å². The van der Waals surface area contributed by atoms with E-state index < -0.39 is 0 Å². The molecule has 0 amide bonds. The molecule has 0 unspecified atom stereocenters. The van der Waals surface area contributed by atoms with E-state index in [2.05, 4.69) is 114 Å². The second-order valence-electron chi connectivity index (χ2n) is 8.49. The Morgan fingerprint density at radius 1 is 1.00 bits per heavy atom. The molecule has 0 aliphatic heterocycles. The Morgan fingerprint density at radius 2 is 1.73 bits per heavy atom. The molecule has 3 rings (SSSR count). The molecule has 1 aromatic carbocycles. The van der Waals surface area contributed by atoms with E-state index in [4.69, 9.17) is 0 Å². The second-order valence-corrected chi connectivity index (χ2v) is 8.49. The van der Waals surface area contributed by atoms with E-state index >= 15 is 0 Å². The van der Waals surface area contributed by atoms with Crippen molar-refractivity contribution in [1.29, 1.82) is 0 Å². The van der Waals surface area contributed by atoms with Crippen molar-refractivity contribution < 1.29 is 0 Å². The lowest BCUT2D eigenvalue weighted by molar-refractivity contribution is 0.742. The number of rotatable bonds is 6. The molecule has 1 aromatic rings. The van der Waals surface area contributed by atoms with Gasteiger partial charge < -0.3 is 0 Å². The molecule has 0 fully saturated rings. The summed E-state index contributed by atoms with van der Waals surface area (Å²) in [4.78, 5) is 0. The van der Waals surface area contributed by atoms with Crippen LogP contribution < -0.4 is 0 Å². The lowest BCUT2D eigenvalue weighted by Crippen LogP contribution is -1.97. The van der Waals surface area contributed by atoms with Crippen LogP contribution in [-0.4, -0.2) is 0 Å². The summed E-state index contributed by atoms with van der Waals surface area (Å²) in [5, 5.41) is 0. The van der Waals surface area contributed by atoms with Crippen LogP contribution in [-0.2, 0) is 0 Å². The monoisotopic (exact) mass is 394 g/mol. The molecular weight excluding hydrogens is 360 g/mol. The van der Waals surface area contributed by atoms with Crippen LogP contribution in [0.2, 0.25) is 0 Å². The molecule has 30 heavy (non-hydrogen) atoms. The quantitative estimate of drug-likeness (QED) is 0.424. The Balaban J connectivity index is 1.91. The number of aryl methyl sites for hydroxylation is 1. The first kappa shape index (κ1) is 21.8. The molecule has 2 aliphatic rings. The molecule has 0 atom stereocenters. The first-order chi connectivity index (χ1) is 14.4. The predicted octanol–water partition coefficient (Wildman–Crippen LogP) is 8.63. The zero-order valence-electron chi connectivity index (χ0n) is 19.1. The Kier molecular flexibility index (Phi) is 7.11. The molecule has 0 aromatic heterocycles. The van der Waals surface area contributed by atoms with Crippen molar-refractivity contribution >= 4 is 5.57 Å². The van der Waals surface area contributed by atoms with Crippen LogP contribution in [0.3, 0.4) is 0 Å². The van der Waals surface area contributed by atoms with Gasteiger partial charge in [-0.25, -0.2) is 0 Å². The van der Waals surface area contributed by atoms with E-state index in [1.54, 1.807) is 0 Å². The first-order valence-electron chi connectivity index (χ1n) is 11.0. The highest BCUT2D eigenvalue weighted by atomic mass is 14.3. The minimum Gasteiger partial charge on any atom is -0.0911 e. The molecule has 2 aliphatic carbocycles. The molecule has 0 nitrogen and oxygen atoms in total. The van der Waals surface area contributed by atoms with Crippen LogP contribution in [0.5, 0.6) is 0 Å². The predicted molar refractivity (Wildman–Crippen MR) is 133 cm³/mol. The minimum atomic E-state index is 0.527. The van der Waals surface area contributed by atoms with Gasteiger partial charge in [0.1, 0.15) is 0 Å². The van der Waals surface area contributed by atoms with Crippen LogP contribution in [0.25, 0.3) is 5.57 Å². The van der Waals surface area contributed by atoms with Crippen molar-refractivity contribution in [2.45, 2.75) is 47.5 Å². The summed E-state index contributed by atoms with van der Waals surface area (Å²) in [5.74, 6) is 0.527. The summed E-state index contributed by atoms with van der Waals surface area (Å²) >= 11 is 0. The van der Waals surface area contributed by atoms with Gasteiger partial charge in [-0.15, -0.1) is 0 Å². The molecule has 0 heteroatoms. The lowest BCUT2D eigenvalue weighted by Gasteiger charge is -2.13. The Morgan fingerprint density at radius 3 is 2.43 bits per heavy atom. The van der Waals surface area contributed by atoms with E-state index in [9.17, 15) is 0 Å². The first-order valence-corrected chi connectivity index (χ1v) is 11.0. The van der Waals surface area contributed by atoms with Gasteiger partial charge in [-0.05, 0) is 84.1 Å². The van der Waals surface area contributed by atoms with Crippen molar-refractivity contribution in [2.75, 3.05) is 0 Å². The summed E-state index contributed by atoms with van der Waals surface area (Å²) in [5.41, 5.74) is 11.9. The fourth-order valence-electron chi connectivity index (χ4n) is 4.20. The SMILES string of the molecule is C=C(/C=C\C(=C/C)C1=CC(C2=C(C)C=CCC=C2)=C(C(C)C)C1)c1ccccc1C. The maximum absolute atomic E-state index is 4.30. The zero-order valence-corrected chi connectivity index (χ0v) is 19.1. The fraction of sp³-hybridized carbons (Fsp3) is 0.267. The average Bonchev–Trinajstić information content (AvgIpc) is 3.05. The highest BCUT2D eigenvalue weighted by molar-refractivity contribution is 5.75. The standard InChI is InChI=1S/C30H34/c1-7-25(18-17-24(6)27-15-12-11-14-22(27)4)26-19-29(21(2)3)30(20-26)28-16-10-8-9-13-23(28)5/h7,9-18,20-21H,6,8,19H2,1-5H3/b18-17-,25-7+. The van der Waals surface area contributed by atoms with E-state index in [-0.39, 0.29) is 0 Å². The molecule has 0 heterocycles. The molecule has 0 saturated heterocycles. The average molecular weight is 395 g/mol. The number of hydrogen-bond donors (Lipinski definition) is 0. The molecule has 0 radical (unpaired) electrons. The summed E-state index contributed by atoms with van der Waals surface area (Å²) in [6.45, 7) is 15.4. The molecular formula is C30H34. The van der Waals surface area contributed by atoms with Crippen LogP contribution >= 0.6 is 0 Å². The summed E-state index contributed by atoms with van der Waals surface area (Å²) in [6, 6.07) is 8.43. The molecule has 0 saturated carbocycles. The van der Waals surface area contributed by atoms with E-state index in [0.717, 1.165) is 18.4 Å². The van der Waals surface area contributed by atoms with Gasteiger partial charge in [-0.2, -0.15) is 0 Å². The van der Waals surface area contributed by atoms with Crippen molar-refractivity contribution in [3.8, 4) is 0 Å². The van der Waals surface area contributed by atoms with Crippen LogP contribution in [0.15, 0.2) is 113 Å². The zero-order chi connectivity index (χ0) is 21.7. The topological polar surface area (TPSA) is 0 Å². The minimum absolute atomic E-state index is 0.527. The highest BCUT2D eigenvalue weighted by Gasteiger charge is 2.22. The summed E-state index contributed by atoms with van der Waals surface area (Å²) in [7, 11) is 0. The third-order valence-corrected chi connectivity index (χ3v) is 6.02. The van der Waals surface area contributed by atoms with Gasteiger partial charge >= 0.3 is 0 Å². The van der Waals surface area contributed by atoms with Gasteiger partial charge in [0, 0.05) is 0 Å². The van der Waals surface area contributed by atoms with E-state index in [0.29, 0.717) is 5.92 Å². The Bertz CT molecular complexity index is 1040. The normalized spacial score (nSPS) is 17.4. The second kappa shape index (κ2) is 9.76. The third kappa shape index (κ3) is 4.82. The molecule has 0 bridgehead atoms. The molecule has 0 spiro atoms. The van der Waals surface area contributed by atoms with Crippen LogP contribution in [0, 0.1) is 12.8 Å². The van der Waals surface area contributed by atoms with E-state index in [1.807, 2.05) is 0 Å². The largest absolute Gasteiger partial charge is 0.0911 e. The molecule has 0 N–H and O–H groups in total. The Hall–Kier alpha value is -2.86. The Labute approximate surface area is 183 Å². The summed E-state index contributed by atoms with van der Waals surface area (Å²) < 4.78 is 0. The maximum atomic E-state index is 4.30. The van der Waals surface area contributed by atoms with E-state index in [1.165, 1.54) is 44.6 Å².